The largest absolute Gasteiger partial charge is 0.361 e. The third-order valence-corrected chi connectivity index (χ3v) is 2.16. The zero-order valence-corrected chi connectivity index (χ0v) is 8.40. The van der Waals surface area contributed by atoms with Crippen molar-refractivity contribution in [3.63, 3.8) is 0 Å². The molecule has 0 bridgehead atoms. The zero-order valence-electron chi connectivity index (χ0n) is 7.59. The van der Waals surface area contributed by atoms with E-state index in [1.165, 1.54) is 5.39 Å². The van der Waals surface area contributed by atoms with Crippen molar-refractivity contribution in [2.75, 3.05) is 6.54 Å². The van der Waals surface area contributed by atoms with Crippen LogP contribution in [0.2, 0.25) is 0 Å². The molecule has 0 atom stereocenters. The summed E-state index contributed by atoms with van der Waals surface area (Å²) in [5.74, 6) is 0. The van der Waals surface area contributed by atoms with Crippen molar-refractivity contribution in [3.8, 4) is 0 Å². The number of para-hydroxylation sites is 1. The number of benzene rings is 1. The summed E-state index contributed by atoms with van der Waals surface area (Å²) >= 11 is 0. The van der Waals surface area contributed by atoms with Crippen molar-refractivity contribution in [1.29, 1.82) is 0 Å². The molecule has 14 heavy (non-hydrogen) atoms. The summed E-state index contributed by atoms with van der Waals surface area (Å²) in [6, 6.07) is 8.03. The molecule has 0 aliphatic heterocycles. The molecular weight excluding hydrogens is 203 g/mol. The molecule has 0 saturated heterocycles. The lowest BCUT2D eigenvalue weighted by Gasteiger charge is -1.95. The Morgan fingerprint density at radius 3 is 2.86 bits per heavy atom. The molecule has 0 radical (unpaired) electrons. The number of halogens is 2. The first-order valence-electron chi connectivity index (χ1n) is 4.30. The van der Waals surface area contributed by atoms with Gasteiger partial charge in [0.15, 0.2) is 0 Å². The van der Waals surface area contributed by atoms with Crippen LogP contribution in [-0.4, -0.2) is 11.5 Å². The summed E-state index contributed by atoms with van der Waals surface area (Å²) in [5.41, 5.74) is 3.92. The molecule has 76 valence electrons. The number of aromatic amines is 1. The Kier molecular flexibility index (Phi) is 3.92. The molecule has 2 rings (SSSR count). The highest BCUT2D eigenvalue weighted by Crippen LogP contribution is 2.17. The minimum Gasteiger partial charge on any atom is -0.361 e. The van der Waals surface area contributed by atoms with Gasteiger partial charge in [-0.25, -0.2) is 0 Å². The Morgan fingerprint density at radius 1 is 1.29 bits per heavy atom. The number of nitrogens with one attached hydrogen (secondary N) is 2. The van der Waals surface area contributed by atoms with Crippen LogP contribution in [0.5, 0.6) is 0 Å². The van der Waals surface area contributed by atoms with Crippen molar-refractivity contribution < 1.29 is 4.48 Å². The quantitative estimate of drug-likeness (QED) is 0.756. The second-order valence-corrected chi connectivity index (χ2v) is 2.99. The van der Waals surface area contributed by atoms with Crippen LogP contribution in [0.25, 0.3) is 10.9 Å². The molecule has 0 amide bonds. The van der Waals surface area contributed by atoms with Gasteiger partial charge < -0.3 is 4.98 Å². The molecule has 2 aromatic rings. The molecule has 0 spiro atoms. The average molecular weight is 215 g/mol. The Hall–Kier alpha value is -1.06. The summed E-state index contributed by atoms with van der Waals surface area (Å²) in [7, 11) is 0. The topological polar surface area (TPSA) is 27.8 Å². The second kappa shape index (κ2) is 4.98. The van der Waals surface area contributed by atoms with Gasteiger partial charge in [-0.2, -0.15) is 5.54 Å². The third kappa shape index (κ3) is 2.05. The van der Waals surface area contributed by atoms with Gasteiger partial charge >= 0.3 is 0 Å². The Morgan fingerprint density at radius 2 is 2.07 bits per heavy atom. The first-order valence-corrected chi connectivity index (χ1v) is 4.30. The van der Waals surface area contributed by atoms with Crippen LogP contribution in [0, 0.1) is 0 Å². The highest BCUT2D eigenvalue weighted by atomic mass is 35.5. The van der Waals surface area contributed by atoms with Gasteiger partial charge in [-0.3, -0.25) is 0 Å². The van der Waals surface area contributed by atoms with Crippen molar-refractivity contribution in [2.24, 2.45) is 0 Å². The van der Waals surface area contributed by atoms with E-state index in [1.54, 1.807) is 5.54 Å². The number of fused-ring (bicyclic) bond motifs is 1. The monoisotopic (exact) mass is 214 g/mol. The fraction of sp³-hybridized carbons (Fsp3) is 0.200. The molecular formula is C10H12ClFN2. The third-order valence-electron chi connectivity index (χ3n) is 2.16. The van der Waals surface area contributed by atoms with Gasteiger partial charge in [0.05, 0.1) is 0 Å². The molecule has 1 heterocycles. The van der Waals surface area contributed by atoms with Gasteiger partial charge in [0.2, 0.25) is 0 Å². The number of rotatable bonds is 3. The van der Waals surface area contributed by atoms with Crippen molar-refractivity contribution >= 4 is 23.3 Å². The van der Waals surface area contributed by atoms with E-state index in [-0.39, 0.29) is 12.4 Å². The van der Waals surface area contributed by atoms with Crippen LogP contribution in [0.3, 0.4) is 0 Å². The van der Waals surface area contributed by atoms with Gasteiger partial charge in [0, 0.05) is 23.6 Å². The lowest BCUT2D eigenvalue weighted by atomic mass is 10.1. The highest BCUT2D eigenvalue weighted by Gasteiger charge is 2.01. The normalized spacial score (nSPS) is 10.1. The first-order chi connectivity index (χ1) is 6.42. The van der Waals surface area contributed by atoms with Gasteiger partial charge in [-0.05, 0) is 18.1 Å². The first kappa shape index (κ1) is 11.0. The van der Waals surface area contributed by atoms with Gasteiger partial charge in [-0.1, -0.05) is 18.2 Å². The van der Waals surface area contributed by atoms with E-state index in [2.05, 4.69) is 4.98 Å². The maximum atomic E-state index is 11.7. The number of H-pyrrole nitrogens is 1. The SMILES string of the molecule is Cl.FNCCc1c[nH]c2ccccc12. The summed E-state index contributed by atoms with van der Waals surface area (Å²) in [5, 5.41) is 1.18. The summed E-state index contributed by atoms with van der Waals surface area (Å²) in [6.07, 6.45) is 2.64. The maximum Gasteiger partial charge on any atom is 0.0456 e. The van der Waals surface area contributed by atoms with Crippen LogP contribution in [0.15, 0.2) is 30.5 Å². The Balaban J connectivity index is 0.000000980. The van der Waals surface area contributed by atoms with Crippen LogP contribution in [0.1, 0.15) is 5.56 Å². The Bertz CT molecular complexity index is 400. The lowest BCUT2D eigenvalue weighted by molar-refractivity contribution is 0.338. The minimum absolute atomic E-state index is 0. The number of hydrogen-bond donors (Lipinski definition) is 2. The summed E-state index contributed by atoms with van der Waals surface area (Å²) in [4.78, 5) is 3.15. The smallest absolute Gasteiger partial charge is 0.0456 e. The second-order valence-electron chi connectivity index (χ2n) is 2.99. The van der Waals surface area contributed by atoms with E-state index >= 15 is 0 Å². The van der Waals surface area contributed by atoms with E-state index in [0.29, 0.717) is 13.0 Å². The fourth-order valence-corrected chi connectivity index (χ4v) is 1.52. The molecule has 0 unspecified atom stereocenters. The molecule has 2 N–H and O–H groups in total. The van der Waals surface area contributed by atoms with E-state index < -0.39 is 0 Å². The van der Waals surface area contributed by atoms with E-state index in [0.717, 1.165) is 11.1 Å². The highest BCUT2D eigenvalue weighted by molar-refractivity contribution is 5.85. The molecule has 4 heteroatoms. The van der Waals surface area contributed by atoms with Crippen molar-refractivity contribution in [1.82, 2.24) is 10.5 Å². The molecule has 2 nitrogen and oxygen atoms in total. The number of aromatic nitrogens is 1. The van der Waals surface area contributed by atoms with Crippen LogP contribution < -0.4 is 5.54 Å². The van der Waals surface area contributed by atoms with Gasteiger partial charge in [0.1, 0.15) is 0 Å². The van der Waals surface area contributed by atoms with E-state index in [9.17, 15) is 4.48 Å². The zero-order chi connectivity index (χ0) is 9.10. The van der Waals surface area contributed by atoms with Crippen molar-refractivity contribution in [3.05, 3.63) is 36.0 Å². The van der Waals surface area contributed by atoms with Crippen molar-refractivity contribution in [2.45, 2.75) is 6.42 Å². The molecule has 0 fully saturated rings. The molecule has 1 aromatic carbocycles. The molecule has 0 aliphatic rings. The average Bonchev–Trinajstić information content (AvgIpc) is 2.58. The van der Waals surface area contributed by atoms with Gasteiger partial charge in [-0.15, -0.1) is 16.9 Å². The molecule has 0 saturated carbocycles. The summed E-state index contributed by atoms with van der Waals surface area (Å²) < 4.78 is 11.7. The van der Waals surface area contributed by atoms with Crippen LogP contribution in [-0.2, 0) is 6.42 Å². The lowest BCUT2D eigenvalue weighted by Crippen LogP contribution is -2.04. The minimum atomic E-state index is 0. The number of hydrogen-bond acceptors (Lipinski definition) is 1. The maximum absolute atomic E-state index is 11.7. The Labute approximate surface area is 87.9 Å². The van der Waals surface area contributed by atoms with Crippen LogP contribution >= 0.6 is 12.4 Å². The molecule has 1 aromatic heterocycles. The van der Waals surface area contributed by atoms with Gasteiger partial charge in [0.25, 0.3) is 0 Å². The molecule has 0 aliphatic carbocycles. The predicted octanol–water partition coefficient (Wildman–Crippen LogP) is 2.61. The fourth-order valence-electron chi connectivity index (χ4n) is 1.52. The standard InChI is InChI=1S/C10H11FN2.ClH/c11-13-6-5-8-7-12-10-4-2-1-3-9(8)10;/h1-4,7,12-13H,5-6H2;1H. The summed E-state index contributed by atoms with van der Waals surface area (Å²) in [6.45, 7) is 0.363. The predicted molar refractivity (Wildman–Crippen MR) is 58.4 cm³/mol. The van der Waals surface area contributed by atoms with E-state index in [1.807, 2.05) is 30.5 Å². The van der Waals surface area contributed by atoms with E-state index in [4.69, 9.17) is 0 Å². The van der Waals surface area contributed by atoms with Crippen LogP contribution in [0.4, 0.5) is 4.48 Å².